The topological polar surface area (TPSA) is 14.1 Å². The molecular weight excluding hydrogens is 338 g/mol. The van der Waals surface area contributed by atoms with Crippen LogP contribution in [-0.2, 0) is 28.1 Å². The zero-order valence-corrected chi connectivity index (χ0v) is 17.1. The molecule has 0 amide bonds. The maximum atomic E-state index is 4.91. The first kappa shape index (κ1) is 20.3. The quantitative estimate of drug-likeness (QED) is 0.261. The summed E-state index contributed by atoms with van der Waals surface area (Å²) in [5.41, 5.74) is 6.88. The Balaban J connectivity index is 0.00000225. The number of hydrogen-bond acceptors (Lipinski definition) is 0. The van der Waals surface area contributed by atoms with E-state index in [0.717, 1.165) is 13.0 Å². The first-order chi connectivity index (χ1) is 11.9. The third-order valence-corrected chi connectivity index (χ3v) is 5.12. The van der Waals surface area contributed by atoms with Crippen LogP contribution in [0.2, 0.25) is 0 Å². The molecular formula is C23H30NTi-. The molecule has 0 atom stereocenters. The van der Waals surface area contributed by atoms with Crippen molar-refractivity contribution in [2.45, 2.75) is 64.7 Å². The minimum atomic E-state index is 0. The van der Waals surface area contributed by atoms with Gasteiger partial charge in [0.15, 0.2) is 0 Å². The van der Waals surface area contributed by atoms with Gasteiger partial charge >= 0.3 is 0 Å². The Morgan fingerprint density at radius 1 is 0.760 bits per heavy atom. The number of hydrogen-bond donors (Lipinski definition) is 0. The van der Waals surface area contributed by atoms with Crippen LogP contribution in [0.4, 0.5) is 5.69 Å². The van der Waals surface area contributed by atoms with Crippen LogP contribution < -0.4 is 0 Å². The van der Waals surface area contributed by atoms with E-state index in [0.29, 0.717) is 0 Å². The predicted octanol–water partition coefficient (Wildman–Crippen LogP) is 7.40. The zero-order valence-electron chi connectivity index (χ0n) is 15.6. The zero-order chi connectivity index (χ0) is 16.6. The summed E-state index contributed by atoms with van der Waals surface area (Å²) in [6.07, 6.45) is 11.9. The Morgan fingerprint density at radius 3 is 2.24 bits per heavy atom. The molecule has 2 aromatic carbocycles. The van der Waals surface area contributed by atoms with Crippen molar-refractivity contribution in [1.29, 1.82) is 0 Å². The largest absolute Gasteiger partial charge is 0.684 e. The van der Waals surface area contributed by atoms with Crippen LogP contribution in [0.3, 0.4) is 0 Å². The molecule has 1 aliphatic rings. The molecule has 0 aliphatic heterocycles. The van der Waals surface area contributed by atoms with E-state index in [2.05, 4.69) is 49.4 Å². The van der Waals surface area contributed by atoms with Crippen LogP contribution in [0.1, 0.15) is 69.4 Å². The van der Waals surface area contributed by atoms with E-state index in [1.165, 1.54) is 79.3 Å². The molecule has 1 aliphatic carbocycles. The van der Waals surface area contributed by atoms with Gasteiger partial charge in [0.05, 0.1) is 0 Å². The second kappa shape index (κ2) is 10.8. The molecule has 0 fully saturated rings. The average molecular weight is 368 g/mol. The van der Waals surface area contributed by atoms with E-state index < -0.39 is 0 Å². The van der Waals surface area contributed by atoms with E-state index in [1.807, 2.05) is 0 Å². The first-order valence-electron chi connectivity index (χ1n) is 9.78. The summed E-state index contributed by atoms with van der Waals surface area (Å²) in [5.74, 6) is 0. The van der Waals surface area contributed by atoms with Gasteiger partial charge in [0.25, 0.3) is 0 Å². The van der Waals surface area contributed by atoms with E-state index in [-0.39, 0.29) is 21.7 Å². The van der Waals surface area contributed by atoms with Gasteiger partial charge in [0.1, 0.15) is 0 Å². The van der Waals surface area contributed by atoms with Crippen molar-refractivity contribution < 1.29 is 21.7 Å². The molecule has 2 aromatic rings. The Hall–Kier alpha value is -1.05. The summed E-state index contributed by atoms with van der Waals surface area (Å²) in [7, 11) is 0. The van der Waals surface area contributed by atoms with Gasteiger partial charge in [-0.25, -0.2) is 0 Å². The Kier molecular flexibility index (Phi) is 8.78. The maximum Gasteiger partial charge on any atom is 0 e. The molecule has 132 valence electrons. The van der Waals surface area contributed by atoms with Crippen molar-refractivity contribution in [2.75, 3.05) is 6.54 Å². The monoisotopic (exact) mass is 368 g/mol. The Bertz CT molecular complexity index is 650. The Labute approximate surface area is 168 Å². The summed E-state index contributed by atoms with van der Waals surface area (Å²) < 4.78 is 0. The van der Waals surface area contributed by atoms with Gasteiger partial charge in [-0.15, -0.1) is 12.2 Å². The molecule has 0 saturated carbocycles. The molecule has 25 heavy (non-hydrogen) atoms. The van der Waals surface area contributed by atoms with Crippen LogP contribution in [0.15, 0.2) is 42.5 Å². The number of benzene rings is 2. The van der Waals surface area contributed by atoms with Crippen molar-refractivity contribution in [1.82, 2.24) is 0 Å². The third-order valence-electron chi connectivity index (χ3n) is 5.12. The summed E-state index contributed by atoms with van der Waals surface area (Å²) >= 11 is 0. The molecule has 0 spiro atoms. The molecule has 0 N–H and O–H groups in total. The predicted molar refractivity (Wildman–Crippen MR) is 105 cm³/mol. The maximum absolute atomic E-state index is 4.91. The summed E-state index contributed by atoms with van der Waals surface area (Å²) in [4.78, 5) is 0. The van der Waals surface area contributed by atoms with Crippen LogP contribution in [0.25, 0.3) is 16.4 Å². The molecule has 0 aromatic heterocycles. The number of rotatable bonds is 10. The molecule has 0 unspecified atom stereocenters. The van der Waals surface area contributed by atoms with Crippen LogP contribution >= 0.6 is 0 Å². The summed E-state index contributed by atoms with van der Waals surface area (Å²) in [6.45, 7) is 3.25. The van der Waals surface area contributed by atoms with Gasteiger partial charge in [-0.1, -0.05) is 106 Å². The molecule has 1 nitrogen and oxygen atoms in total. The SMILES string of the molecule is CCCCCCCCCC[N-]c1cccc2c1Cc1ccccc1-2.[Ti]. The van der Waals surface area contributed by atoms with Crippen LogP contribution in [0.5, 0.6) is 0 Å². The first-order valence-corrected chi connectivity index (χ1v) is 9.78. The van der Waals surface area contributed by atoms with Crippen LogP contribution in [-0.4, -0.2) is 6.54 Å². The van der Waals surface area contributed by atoms with Gasteiger partial charge < -0.3 is 5.32 Å². The number of unbranched alkanes of at least 4 members (excludes halogenated alkanes) is 7. The van der Waals surface area contributed by atoms with Gasteiger partial charge in [-0.05, 0) is 23.1 Å². The fourth-order valence-electron chi connectivity index (χ4n) is 3.73. The van der Waals surface area contributed by atoms with Gasteiger partial charge in [-0.2, -0.15) is 0 Å². The molecule has 0 radical (unpaired) electrons. The number of fused-ring (bicyclic) bond motifs is 3. The van der Waals surface area contributed by atoms with Crippen molar-refractivity contribution >= 4 is 5.69 Å². The average Bonchev–Trinajstić information content (AvgIpc) is 3.00. The minimum absolute atomic E-state index is 0. The second-order valence-corrected chi connectivity index (χ2v) is 6.99. The van der Waals surface area contributed by atoms with Crippen LogP contribution in [0, 0.1) is 0 Å². The molecule has 3 rings (SSSR count). The Morgan fingerprint density at radius 2 is 1.44 bits per heavy atom. The van der Waals surface area contributed by atoms with Crippen molar-refractivity contribution in [2.24, 2.45) is 0 Å². The fourth-order valence-corrected chi connectivity index (χ4v) is 3.73. The summed E-state index contributed by atoms with van der Waals surface area (Å²) in [5, 5.41) is 4.91. The summed E-state index contributed by atoms with van der Waals surface area (Å²) in [6, 6.07) is 15.4. The molecule has 0 saturated heterocycles. The van der Waals surface area contributed by atoms with E-state index in [9.17, 15) is 0 Å². The number of nitrogens with zero attached hydrogens (tertiary/aromatic N) is 1. The standard InChI is InChI=1S/C23H30N.Ti/c1-2-3-4-5-6-7-8-11-17-24-23-16-12-15-21-20-14-10-9-13-19(20)18-22(21)23;/h9-10,12-16H,2-8,11,17-18H2,1H3;/q-1;. The van der Waals surface area contributed by atoms with Crippen molar-refractivity contribution in [3.63, 3.8) is 0 Å². The molecule has 0 bridgehead atoms. The van der Waals surface area contributed by atoms with Crippen molar-refractivity contribution in [3.8, 4) is 11.1 Å². The third kappa shape index (κ3) is 5.46. The van der Waals surface area contributed by atoms with Gasteiger partial charge in [-0.3, -0.25) is 0 Å². The van der Waals surface area contributed by atoms with E-state index in [1.54, 1.807) is 0 Å². The molecule has 2 heteroatoms. The second-order valence-electron chi connectivity index (χ2n) is 6.99. The van der Waals surface area contributed by atoms with E-state index in [4.69, 9.17) is 5.32 Å². The van der Waals surface area contributed by atoms with Crippen molar-refractivity contribution in [3.05, 3.63) is 58.9 Å². The molecule has 0 heterocycles. The smallest absolute Gasteiger partial charge is 0 e. The van der Waals surface area contributed by atoms with Gasteiger partial charge in [0.2, 0.25) is 0 Å². The fraction of sp³-hybridized carbons (Fsp3) is 0.478. The normalized spacial score (nSPS) is 11.6. The van der Waals surface area contributed by atoms with Gasteiger partial charge in [0, 0.05) is 21.7 Å². The minimum Gasteiger partial charge on any atom is -0.684 e. The van der Waals surface area contributed by atoms with E-state index >= 15 is 0 Å².